The lowest BCUT2D eigenvalue weighted by atomic mass is 9.89. The number of nitrogens with zero attached hydrogens (tertiary/aromatic N) is 2. The Hall–Kier alpha value is -2.30. The topological polar surface area (TPSA) is 75.4 Å². The largest absolute Gasteiger partial charge is 0.507 e. The average molecular weight is 272 g/mol. The minimum Gasteiger partial charge on any atom is -0.507 e. The van der Waals surface area contributed by atoms with Gasteiger partial charge in [0.25, 0.3) is 0 Å². The van der Waals surface area contributed by atoms with Gasteiger partial charge in [-0.15, -0.1) is 0 Å². The molecule has 1 heterocycles. The molecule has 5 heteroatoms. The number of aromatic carboxylic acids is 1. The van der Waals surface area contributed by atoms with Crippen molar-refractivity contribution in [1.29, 1.82) is 0 Å². The summed E-state index contributed by atoms with van der Waals surface area (Å²) in [5, 5.41) is 23.1. The number of carboxylic acid groups (broad SMARTS) is 1. The lowest BCUT2D eigenvalue weighted by Gasteiger charge is -2.17. The maximum absolute atomic E-state index is 11.0. The molecule has 0 spiro atoms. The summed E-state index contributed by atoms with van der Waals surface area (Å²) in [4.78, 5) is 11.0. The number of aryl methyl sites for hydroxylation is 3. The predicted octanol–water partition coefficient (Wildman–Crippen LogP) is 2.37. The number of aromatic hydroxyl groups is 1. The zero-order valence-corrected chi connectivity index (χ0v) is 11.3. The summed E-state index contributed by atoms with van der Waals surface area (Å²) < 4.78 is 1.49. The second-order valence-corrected chi connectivity index (χ2v) is 5.19. The Labute approximate surface area is 116 Å². The van der Waals surface area contributed by atoms with E-state index >= 15 is 0 Å². The first-order chi connectivity index (χ1) is 9.56. The summed E-state index contributed by atoms with van der Waals surface area (Å²) in [7, 11) is 1.68. The number of carboxylic acids is 1. The number of aromatic nitrogens is 2. The number of fused-ring (bicyclic) bond motifs is 1. The molecular formula is C15H16N2O3. The molecule has 1 aliphatic rings. The Morgan fingerprint density at radius 2 is 1.85 bits per heavy atom. The highest BCUT2D eigenvalue weighted by Gasteiger charge is 2.18. The van der Waals surface area contributed by atoms with Gasteiger partial charge in [0.05, 0.1) is 5.69 Å². The summed E-state index contributed by atoms with van der Waals surface area (Å²) in [6.45, 7) is 0. The molecule has 2 N–H and O–H groups in total. The van der Waals surface area contributed by atoms with Crippen LogP contribution in [-0.2, 0) is 19.9 Å². The van der Waals surface area contributed by atoms with Crippen molar-refractivity contribution < 1.29 is 15.0 Å². The molecule has 1 aromatic heterocycles. The molecule has 0 aliphatic heterocycles. The maximum atomic E-state index is 11.0. The molecule has 0 bridgehead atoms. The molecule has 20 heavy (non-hydrogen) atoms. The molecule has 5 nitrogen and oxygen atoms in total. The van der Waals surface area contributed by atoms with E-state index in [0.29, 0.717) is 11.3 Å². The molecule has 0 fully saturated rings. The van der Waals surface area contributed by atoms with Crippen molar-refractivity contribution in [3.63, 3.8) is 0 Å². The predicted molar refractivity (Wildman–Crippen MR) is 73.9 cm³/mol. The van der Waals surface area contributed by atoms with Crippen LogP contribution in [0.3, 0.4) is 0 Å². The molecule has 0 radical (unpaired) electrons. The third-order valence-corrected chi connectivity index (χ3v) is 3.84. The van der Waals surface area contributed by atoms with Gasteiger partial charge in [-0.1, -0.05) is 0 Å². The van der Waals surface area contributed by atoms with Crippen LogP contribution in [-0.4, -0.2) is 26.0 Å². The van der Waals surface area contributed by atoms with E-state index in [1.807, 2.05) is 6.07 Å². The molecule has 0 unspecified atom stereocenters. The Balaban J connectivity index is 2.12. The Morgan fingerprint density at radius 1 is 1.20 bits per heavy atom. The van der Waals surface area contributed by atoms with Crippen molar-refractivity contribution in [2.24, 2.45) is 7.05 Å². The van der Waals surface area contributed by atoms with Gasteiger partial charge in [-0.3, -0.25) is 4.68 Å². The fourth-order valence-electron chi connectivity index (χ4n) is 2.80. The molecule has 1 aliphatic carbocycles. The van der Waals surface area contributed by atoms with Crippen LogP contribution in [0.1, 0.15) is 34.5 Å². The highest BCUT2D eigenvalue weighted by molar-refractivity contribution is 5.87. The van der Waals surface area contributed by atoms with Gasteiger partial charge in [0.2, 0.25) is 0 Å². The van der Waals surface area contributed by atoms with E-state index in [2.05, 4.69) is 5.10 Å². The number of carbonyl (C=O) groups is 1. The zero-order valence-electron chi connectivity index (χ0n) is 11.3. The molecule has 3 rings (SSSR count). The first-order valence-corrected chi connectivity index (χ1v) is 6.68. The van der Waals surface area contributed by atoms with Crippen molar-refractivity contribution in [3.8, 4) is 17.0 Å². The van der Waals surface area contributed by atoms with Crippen LogP contribution in [0.25, 0.3) is 11.3 Å². The third-order valence-electron chi connectivity index (χ3n) is 3.84. The van der Waals surface area contributed by atoms with E-state index in [0.717, 1.165) is 25.7 Å². The van der Waals surface area contributed by atoms with Crippen LogP contribution in [0.2, 0.25) is 0 Å². The average Bonchev–Trinajstić information content (AvgIpc) is 2.80. The highest BCUT2D eigenvalue weighted by atomic mass is 16.4. The number of hydrogen-bond donors (Lipinski definition) is 2. The van der Waals surface area contributed by atoms with E-state index in [-0.39, 0.29) is 11.4 Å². The second-order valence-electron chi connectivity index (χ2n) is 5.19. The van der Waals surface area contributed by atoms with Crippen molar-refractivity contribution in [3.05, 3.63) is 35.0 Å². The summed E-state index contributed by atoms with van der Waals surface area (Å²) in [5.41, 5.74) is 3.68. The van der Waals surface area contributed by atoms with Crippen LogP contribution >= 0.6 is 0 Å². The normalized spacial score (nSPS) is 14.1. The standard InChI is InChI=1S/C15H16N2O3/c1-17-13(8-12(16-17)15(19)20)11-6-9-4-2-3-5-10(9)7-14(11)18/h6-8,18H,2-5H2,1H3,(H,19,20). The Bertz CT molecular complexity index is 689. The fourth-order valence-corrected chi connectivity index (χ4v) is 2.80. The molecular weight excluding hydrogens is 256 g/mol. The van der Waals surface area contributed by atoms with Crippen molar-refractivity contribution >= 4 is 5.97 Å². The van der Waals surface area contributed by atoms with Crippen molar-refractivity contribution in [2.45, 2.75) is 25.7 Å². The van der Waals surface area contributed by atoms with Gasteiger partial charge in [0, 0.05) is 12.6 Å². The SMILES string of the molecule is Cn1nc(C(=O)O)cc1-c1cc2c(cc1O)CCCC2. The summed E-state index contributed by atoms with van der Waals surface area (Å²) in [6, 6.07) is 5.26. The third kappa shape index (κ3) is 2.05. The van der Waals surface area contributed by atoms with Crippen molar-refractivity contribution in [2.75, 3.05) is 0 Å². The van der Waals surface area contributed by atoms with E-state index in [1.165, 1.54) is 21.9 Å². The van der Waals surface area contributed by atoms with E-state index in [4.69, 9.17) is 5.11 Å². The first-order valence-electron chi connectivity index (χ1n) is 6.68. The summed E-state index contributed by atoms with van der Waals surface area (Å²) in [5.74, 6) is -0.880. The minimum atomic E-state index is -1.07. The van der Waals surface area contributed by atoms with E-state index in [9.17, 15) is 9.90 Å². The summed E-state index contributed by atoms with van der Waals surface area (Å²) in [6.07, 6.45) is 4.31. The summed E-state index contributed by atoms with van der Waals surface area (Å²) >= 11 is 0. The van der Waals surface area contributed by atoms with Gasteiger partial charge in [-0.05, 0) is 55.0 Å². The van der Waals surface area contributed by atoms with Gasteiger partial charge < -0.3 is 10.2 Å². The van der Waals surface area contributed by atoms with Crippen LogP contribution < -0.4 is 0 Å². The van der Waals surface area contributed by atoms with Crippen LogP contribution in [0.4, 0.5) is 0 Å². The number of rotatable bonds is 2. The number of benzene rings is 1. The number of hydrogen-bond acceptors (Lipinski definition) is 3. The van der Waals surface area contributed by atoms with Gasteiger partial charge in [0.1, 0.15) is 5.75 Å². The van der Waals surface area contributed by atoms with Gasteiger partial charge in [-0.2, -0.15) is 5.10 Å². The maximum Gasteiger partial charge on any atom is 0.356 e. The fraction of sp³-hybridized carbons (Fsp3) is 0.333. The smallest absolute Gasteiger partial charge is 0.356 e. The zero-order chi connectivity index (χ0) is 14.3. The number of phenols is 1. The van der Waals surface area contributed by atoms with Gasteiger partial charge in [-0.25, -0.2) is 4.79 Å². The lowest BCUT2D eigenvalue weighted by Crippen LogP contribution is -2.03. The van der Waals surface area contributed by atoms with Crippen LogP contribution in [0.15, 0.2) is 18.2 Å². The van der Waals surface area contributed by atoms with E-state index in [1.54, 1.807) is 13.1 Å². The molecule has 0 saturated carbocycles. The quantitative estimate of drug-likeness (QED) is 0.880. The van der Waals surface area contributed by atoms with Crippen LogP contribution in [0, 0.1) is 0 Å². The minimum absolute atomic E-state index is 0.0142. The molecule has 0 amide bonds. The first kappa shape index (κ1) is 12.7. The Kier molecular flexibility index (Phi) is 2.97. The van der Waals surface area contributed by atoms with E-state index < -0.39 is 5.97 Å². The van der Waals surface area contributed by atoms with Gasteiger partial charge >= 0.3 is 5.97 Å². The molecule has 2 aromatic rings. The van der Waals surface area contributed by atoms with Crippen LogP contribution in [0.5, 0.6) is 5.75 Å². The van der Waals surface area contributed by atoms with Crippen molar-refractivity contribution in [1.82, 2.24) is 9.78 Å². The number of phenolic OH excluding ortho intramolecular Hbond substituents is 1. The highest BCUT2D eigenvalue weighted by Crippen LogP contribution is 2.35. The second kappa shape index (κ2) is 4.67. The lowest BCUT2D eigenvalue weighted by molar-refractivity contribution is 0.0689. The van der Waals surface area contributed by atoms with Gasteiger partial charge in [0.15, 0.2) is 5.69 Å². The molecule has 1 aromatic carbocycles. The molecule has 0 atom stereocenters. The molecule has 104 valence electrons. The Morgan fingerprint density at radius 3 is 2.45 bits per heavy atom. The monoisotopic (exact) mass is 272 g/mol. The molecule has 0 saturated heterocycles.